The Morgan fingerprint density at radius 1 is 1.04 bits per heavy atom. The molecule has 3 fully saturated rings. The van der Waals surface area contributed by atoms with E-state index in [1.807, 2.05) is 36.4 Å². The van der Waals surface area contributed by atoms with E-state index in [4.69, 9.17) is 9.47 Å². The summed E-state index contributed by atoms with van der Waals surface area (Å²) in [5.41, 5.74) is 1.23. The molecule has 1 aromatic heterocycles. The average molecular weight is 811 g/mol. The Morgan fingerprint density at radius 2 is 1.77 bits per heavy atom. The van der Waals surface area contributed by atoms with Crippen molar-refractivity contribution in [3.63, 3.8) is 0 Å². The lowest BCUT2D eigenvalue weighted by Gasteiger charge is -2.41. The first-order valence-electron chi connectivity index (χ1n) is 20.9. The number of nitrogens with zero attached hydrogens (tertiary/aromatic N) is 4. The minimum absolute atomic E-state index is 0.0258. The number of methoxy groups -OCH3 is 2. The zero-order chi connectivity index (χ0) is 41.4. The monoisotopic (exact) mass is 810 g/mol. The minimum atomic E-state index is -1.10. The lowest BCUT2D eigenvalue weighted by Crippen LogP contribution is -2.60. The van der Waals surface area contributed by atoms with Gasteiger partial charge in [-0.25, -0.2) is 9.78 Å². The van der Waals surface area contributed by atoms with Crippen LogP contribution in [-0.4, -0.2) is 125 Å². The van der Waals surface area contributed by atoms with Crippen molar-refractivity contribution < 1.29 is 33.8 Å². The molecule has 2 aromatic rings. The number of rotatable bonds is 20. The molecule has 1 saturated carbocycles. The highest BCUT2D eigenvalue weighted by molar-refractivity contribution is 7.09. The molecule has 3 unspecified atom stereocenters. The summed E-state index contributed by atoms with van der Waals surface area (Å²) in [6.07, 6.45) is 5.51. The van der Waals surface area contributed by atoms with Gasteiger partial charge >= 0.3 is 6.09 Å². The van der Waals surface area contributed by atoms with Crippen LogP contribution in [0.1, 0.15) is 96.2 Å². The first-order valence-corrected chi connectivity index (χ1v) is 21.8. The number of carbonyl (C=O) groups is 4. The fraction of sp³-hybridized carbons (Fsp3) is 0.698. The van der Waals surface area contributed by atoms with Crippen molar-refractivity contribution in [2.45, 2.75) is 134 Å². The number of nitrogens with one attached hydrogen (secondary N) is 2. The van der Waals surface area contributed by atoms with Crippen LogP contribution >= 0.6 is 11.3 Å². The number of thiazole rings is 1. The van der Waals surface area contributed by atoms with Crippen LogP contribution in [-0.2, 0) is 30.3 Å². The molecule has 316 valence electrons. The molecular formula is C43H66N6O7S. The van der Waals surface area contributed by atoms with Crippen molar-refractivity contribution in [1.82, 2.24) is 30.3 Å². The molecule has 0 spiro atoms. The summed E-state index contributed by atoms with van der Waals surface area (Å²) in [4.78, 5) is 64.1. The standard InChI is InChI=1S/C43H66N6O7S/c1-9-27(4)37(47(6)42(52)36(26(2)3)46-40(51)38-30-17-18-31(23-30)49(38)43(53)54)34(55-7)24-35(50)48-20-13-16-33(48)39(56-8)28(5)25-45-32(41-44-19-21-57-41)22-29-14-11-10-12-15-29/h10-12,14-15,19,21,26-28,30-34,36-39,45H,9,13,16-18,20,22-25H2,1-8H3,(H,46,51)(H,53,54)/t27-,28+,30?,31?,32-,33-,34+,36-,37-,38?,39+/m0/s1. The summed E-state index contributed by atoms with van der Waals surface area (Å²) in [5, 5.41) is 19.7. The van der Waals surface area contributed by atoms with Gasteiger partial charge in [-0.15, -0.1) is 11.3 Å². The Balaban J connectivity index is 1.25. The van der Waals surface area contributed by atoms with Gasteiger partial charge in [-0.1, -0.05) is 71.4 Å². The first kappa shape index (κ1) is 44.5. The number of ether oxygens (including phenoxy) is 2. The first-order chi connectivity index (χ1) is 27.3. The highest BCUT2D eigenvalue weighted by Gasteiger charge is 2.52. The molecule has 1 aromatic carbocycles. The van der Waals surface area contributed by atoms with Crippen LogP contribution in [0.3, 0.4) is 0 Å². The molecule has 2 saturated heterocycles. The quantitative estimate of drug-likeness (QED) is 0.155. The van der Waals surface area contributed by atoms with E-state index in [2.05, 4.69) is 60.7 Å². The van der Waals surface area contributed by atoms with Crippen LogP contribution in [0.2, 0.25) is 0 Å². The second kappa shape index (κ2) is 20.4. The van der Waals surface area contributed by atoms with Crippen molar-refractivity contribution in [3.8, 4) is 0 Å². The van der Waals surface area contributed by atoms with E-state index in [1.54, 1.807) is 37.5 Å². The molecule has 4 amide bonds. The number of hydrogen-bond donors (Lipinski definition) is 3. The third kappa shape index (κ3) is 10.4. The molecule has 2 bridgehead atoms. The SMILES string of the molecule is CC[C@H](C)[C@@H]([C@@H](CC(=O)N1CCC[C@H]1[C@H](OC)[C@H](C)CN[C@@H](Cc1ccccc1)c1nccs1)OC)N(C)C(=O)[C@@H](NC(=O)C1C2CCC(C2)N1C(=O)O)C(C)C. The van der Waals surface area contributed by atoms with Crippen LogP contribution in [0, 0.1) is 23.7 Å². The summed E-state index contributed by atoms with van der Waals surface area (Å²) < 4.78 is 12.3. The zero-order valence-electron chi connectivity index (χ0n) is 35.1. The van der Waals surface area contributed by atoms with Gasteiger partial charge in [0.05, 0.1) is 36.8 Å². The highest BCUT2D eigenvalue weighted by atomic mass is 32.1. The summed E-state index contributed by atoms with van der Waals surface area (Å²) in [6, 6.07) is 8.05. The molecule has 1 aliphatic carbocycles. The largest absolute Gasteiger partial charge is 0.465 e. The van der Waals surface area contributed by atoms with E-state index in [9.17, 15) is 24.3 Å². The number of fused-ring (bicyclic) bond motifs is 2. The van der Waals surface area contributed by atoms with Gasteiger partial charge in [0.15, 0.2) is 0 Å². The van der Waals surface area contributed by atoms with Crippen molar-refractivity contribution in [2.75, 3.05) is 34.4 Å². The average Bonchev–Trinajstić information content (AvgIpc) is 4.04. The number of likely N-dealkylation sites (tertiary alicyclic amines) is 2. The molecule has 13 nitrogen and oxygen atoms in total. The summed E-state index contributed by atoms with van der Waals surface area (Å²) in [6.45, 7) is 11.3. The third-order valence-corrected chi connectivity index (χ3v) is 13.8. The molecule has 3 N–H and O–H groups in total. The topological polar surface area (TPSA) is 154 Å². The Kier molecular flexibility index (Phi) is 15.9. The lowest BCUT2D eigenvalue weighted by atomic mass is 9.89. The van der Waals surface area contributed by atoms with E-state index in [0.29, 0.717) is 19.5 Å². The van der Waals surface area contributed by atoms with Gasteiger partial charge in [-0.3, -0.25) is 19.3 Å². The highest BCUT2D eigenvalue weighted by Crippen LogP contribution is 2.42. The van der Waals surface area contributed by atoms with E-state index in [0.717, 1.165) is 43.5 Å². The van der Waals surface area contributed by atoms with E-state index in [1.165, 1.54) is 10.5 Å². The molecule has 3 aliphatic rings. The number of aromatic nitrogens is 1. The van der Waals surface area contributed by atoms with Crippen LogP contribution in [0.5, 0.6) is 0 Å². The minimum Gasteiger partial charge on any atom is -0.465 e. The molecular weight excluding hydrogens is 745 g/mol. The number of carbonyl (C=O) groups excluding carboxylic acids is 3. The molecule has 0 radical (unpaired) electrons. The third-order valence-electron chi connectivity index (χ3n) is 12.9. The van der Waals surface area contributed by atoms with Crippen LogP contribution < -0.4 is 10.6 Å². The van der Waals surface area contributed by atoms with Gasteiger partial charge in [0.25, 0.3) is 0 Å². The molecule has 3 heterocycles. The van der Waals surface area contributed by atoms with Gasteiger partial charge in [0, 0.05) is 52.0 Å². The van der Waals surface area contributed by atoms with Crippen molar-refractivity contribution in [3.05, 3.63) is 52.5 Å². The maximum absolute atomic E-state index is 14.4. The molecule has 2 aliphatic heterocycles. The predicted molar refractivity (Wildman–Crippen MR) is 221 cm³/mol. The van der Waals surface area contributed by atoms with Crippen LogP contribution in [0.15, 0.2) is 41.9 Å². The van der Waals surface area contributed by atoms with E-state index in [-0.39, 0.29) is 66.1 Å². The zero-order valence-corrected chi connectivity index (χ0v) is 36.0. The van der Waals surface area contributed by atoms with Crippen molar-refractivity contribution in [2.24, 2.45) is 23.7 Å². The van der Waals surface area contributed by atoms with E-state index >= 15 is 0 Å². The summed E-state index contributed by atoms with van der Waals surface area (Å²) >= 11 is 1.64. The fourth-order valence-electron chi connectivity index (χ4n) is 9.75. The fourth-order valence-corrected chi connectivity index (χ4v) is 10.5. The number of carboxylic acid groups (broad SMARTS) is 1. The second-order valence-corrected chi connectivity index (χ2v) is 17.8. The van der Waals surface area contributed by atoms with Gasteiger partial charge in [-0.05, 0) is 67.8 Å². The van der Waals surface area contributed by atoms with Gasteiger partial charge in [0.1, 0.15) is 17.1 Å². The van der Waals surface area contributed by atoms with Crippen LogP contribution in [0.25, 0.3) is 0 Å². The van der Waals surface area contributed by atoms with E-state index < -0.39 is 36.2 Å². The Bertz CT molecular complexity index is 1610. The number of hydrogen-bond acceptors (Lipinski definition) is 9. The van der Waals surface area contributed by atoms with Crippen molar-refractivity contribution in [1.29, 1.82) is 0 Å². The number of benzene rings is 1. The normalized spacial score (nSPS) is 24.2. The molecule has 11 atom stereocenters. The Labute approximate surface area is 343 Å². The van der Waals surface area contributed by atoms with Crippen LogP contribution in [0.4, 0.5) is 4.79 Å². The number of likely N-dealkylation sites (N-methyl/N-ethyl adjacent to an activating group) is 1. The molecule has 57 heavy (non-hydrogen) atoms. The Morgan fingerprint density at radius 3 is 2.39 bits per heavy atom. The number of piperidine rings is 1. The van der Waals surface area contributed by atoms with Gasteiger partial charge in [-0.2, -0.15) is 0 Å². The summed E-state index contributed by atoms with van der Waals surface area (Å²) in [5.74, 6) is -0.987. The van der Waals surface area contributed by atoms with Gasteiger partial charge < -0.3 is 35.0 Å². The maximum Gasteiger partial charge on any atom is 0.408 e. The lowest BCUT2D eigenvalue weighted by molar-refractivity contribution is -0.147. The second-order valence-electron chi connectivity index (χ2n) is 16.9. The van der Waals surface area contributed by atoms with Gasteiger partial charge in [0.2, 0.25) is 17.7 Å². The maximum atomic E-state index is 14.4. The summed E-state index contributed by atoms with van der Waals surface area (Å²) in [7, 11) is 5.04. The molecule has 5 rings (SSSR count). The molecule has 14 heteroatoms. The Hall–Kier alpha value is -3.59. The number of amides is 4. The van der Waals surface area contributed by atoms with Crippen molar-refractivity contribution >= 4 is 35.2 Å². The smallest absolute Gasteiger partial charge is 0.408 e. The predicted octanol–water partition coefficient (Wildman–Crippen LogP) is 5.61.